The number of aromatic hydroxyl groups is 1. The van der Waals surface area contributed by atoms with Crippen molar-refractivity contribution in [3.63, 3.8) is 0 Å². The van der Waals surface area contributed by atoms with Gasteiger partial charge in [-0.2, -0.15) is 0 Å². The lowest BCUT2D eigenvalue weighted by Crippen LogP contribution is -2.04. The van der Waals surface area contributed by atoms with Crippen LogP contribution in [0.5, 0.6) is 11.5 Å². The molecule has 8 nitrogen and oxygen atoms in total. The molecule has 0 saturated heterocycles. The number of phenolic OH excluding ortho intramolecular Hbond substituents is 1. The van der Waals surface area contributed by atoms with Crippen molar-refractivity contribution < 1.29 is 35.8 Å². The third kappa shape index (κ3) is 3.24. The van der Waals surface area contributed by atoms with Crippen LogP contribution >= 0.6 is 0 Å². The maximum atomic E-state index is 11.3. The van der Waals surface area contributed by atoms with E-state index in [1.54, 1.807) is 6.92 Å². The van der Waals surface area contributed by atoms with E-state index in [0.717, 1.165) is 18.2 Å². The smallest absolute Gasteiger partial charge is 0.132 e. The van der Waals surface area contributed by atoms with Crippen molar-refractivity contribution in [2.24, 2.45) is 0 Å². The van der Waals surface area contributed by atoms with E-state index in [1.165, 1.54) is 6.92 Å². The summed E-state index contributed by atoms with van der Waals surface area (Å²) in [5.41, 5.74) is -0.189. The minimum atomic E-state index is -4.90. The van der Waals surface area contributed by atoms with Gasteiger partial charge in [-0.1, -0.05) is 0 Å². The van der Waals surface area contributed by atoms with Crippen LogP contribution in [0.2, 0.25) is 0 Å². The Kier molecular flexibility index (Phi) is 4.28. The van der Waals surface area contributed by atoms with Gasteiger partial charge in [0.1, 0.15) is 31.7 Å². The molecule has 0 atom stereocenters. The average molecular weight is 360 g/mol. The fraction of sp³-hybridized carbons (Fsp3) is 0.231. The first kappa shape index (κ1) is 17.5. The van der Waals surface area contributed by atoms with E-state index in [9.17, 15) is 31.0 Å². The minimum Gasteiger partial charge on any atom is -0.744 e. The maximum Gasteiger partial charge on any atom is 0.132 e. The van der Waals surface area contributed by atoms with Crippen LogP contribution in [0, 0.1) is 6.92 Å². The molecule has 0 bridgehead atoms. The van der Waals surface area contributed by atoms with Crippen molar-refractivity contribution in [2.75, 3.05) is 6.61 Å². The third-order valence-corrected chi connectivity index (χ3v) is 4.99. The first-order valence-corrected chi connectivity index (χ1v) is 9.13. The van der Waals surface area contributed by atoms with Gasteiger partial charge in [0.2, 0.25) is 0 Å². The molecule has 0 radical (unpaired) electrons. The lowest BCUT2D eigenvalue weighted by atomic mass is 10.0. The van der Waals surface area contributed by atoms with E-state index in [0.29, 0.717) is 0 Å². The molecule has 0 fully saturated rings. The van der Waals surface area contributed by atoms with Crippen LogP contribution in [-0.4, -0.2) is 37.7 Å². The van der Waals surface area contributed by atoms with Gasteiger partial charge < -0.3 is 18.9 Å². The van der Waals surface area contributed by atoms with Gasteiger partial charge in [-0.15, -0.1) is 0 Å². The molecule has 0 aliphatic carbocycles. The SMILES string of the molecule is CCOc1cc(S(=O)(=O)[O-])cc2cc(S(=O)(=O)[O-])c(C)c(O)c12. The van der Waals surface area contributed by atoms with Crippen molar-refractivity contribution in [1.29, 1.82) is 0 Å². The highest BCUT2D eigenvalue weighted by atomic mass is 32.2. The van der Waals surface area contributed by atoms with Gasteiger partial charge in [-0.25, -0.2) is 16.8 Å². The Bertz CT molecular complexity index is 991. The molecule has 0 amide bonds. The monoisotopic (exact) mass is 360 g/mol. The largest absolute Gasteiger partial charge is 0.744 e. The molecule has 2 aromatic rings. The van der Waals surface area contributed by atoms with Gasteiger partial charge in [-0.3, -0.25) is 0 Å². The Morgan fingerprint density at radius 1 is 1.09 bits per heavy atom. The fourth-order valence-corrected chi connectivity index (χ4v) is 3.47. The summed E-state index contributed by atoms with van der Waals surface area (Å²) < 4.78 is 72.7. The summed E-state index contributed by atoms with van der Waals surface area (Å²) in [5, 5.41) is 10.1. The maximum absolute atomic E-state index is 11.3. The quantitative estimate of drug-likeness (QED) is 0.797. The molecule has 1 N–H and O–H groups in total. The molecular weight excluding hydrogens is 348 g/mol. The first-order valence-electron chi connectivity index (χ1n) is 6.31. The van der Waals surface area contributed by atoms with E-state index in [1.807, 2.05) is 0 Å². The second kappa shape index (κ2) is 5.64. The van der Waals surface area contributed by atoms with Crippen LogP contribution in [0.15, 0.2) is 28.0 Å². The van der Waals surface area contributed by atoms with Crippen molar-refractivity contribution in [3.05, 3.63) is 23.8 Å². The number of rotatable bonds is 4. The Balaban J connectivity index is 3.02. The van der Waals surface area contributed by atoms with Crippen molar-refractivity contribution >= 4 is 31.0 Å². The van der Waals surface area contributed by atoms with Crippen LogP contribution in [0.1, 0.15) is 12.5 Å². The molecule has 0 aliphatic heterocycles. The second-order valence-corrected chi connectivity index (χ2v) is 7.44. The predicted molar refractivity (Wildman–Crippen MR) is 77.4 cm³/mol. The van der Waals surface area contributed by atoms with Crippen LogP contribution in [-0.2, 0) is 20.2 Å². The average Bonchev–Trinajstić information content (AvgIpc) is 2.40. The molecule has 2 aromatic carbocycles. The number of hydrogen-bond acceptors (Lipinski definition) is 8. The number of hydrogen-bond donors (Lipinski definition) is 1. The highest BCUT2D eigenvalue weighted by molar-refractivity contribution is 7.86. The summed E-state index contributed by atoms with van der Waals surface area (Å²) in [7, 11) is -9.74. The van der Waals surface area contributed by atoms with Crippen molar-refractivity contribution in [2.45, 2.75) is 23.6 Å². The van der Waals surface area contributed by atoms with Crippen molar-refractivity contribution in [1.82, 2.24) is 0 Å². The fourth-order valence-electron chi connectivity index (χ4n) is 2.21. The van der Waals surface area contributed by atoms with Gasteiger partial charge in [0.05, 0.1) is 21.8 Å². The Hall–Kier alpha value is -1.88. The standard InChI is InChI=1S/C13H14O8S2/c1-3-21-10-6-9(22(15,16)17)4-8-5-11(23(18,19)20)7(2)13(14)12(8)10/h4-6,14H,3H2,1-2H3,(H,15,16,17)(H,18,19,20)/p-2. The zero-order valence-corrected chi connectivity index (χ0v) is 13.7. The number of benzene rings is 2. The summed E-state index contributed by atoms with van der Waals surface area (Å²) >= 11 is 0. The van der Waals surface area contributed by atoms with Gasteiger partial charge in [0.15, 0.2) is 0 Å². The number of fused-ring (bicyclic) bond motifs is 1. The lowest BCUT2D eigenvalue weighted by molar-refractivity contribution is 0.341. The highest BCUT2D eigenvalue weighted by Crippen LogP contribution is 2.40. The molecular formula is C13H12O8S2-2. The molecule has 0 heterocycles. The molecule has 0 saturated carbocycles. The molecule has 10 heteroatoms. The van der Waals surface area contributed by atoms with Crippen LogP contribution < -0.4 is 4.74 Å². The molecule has 0 unspecified atom stereocenters. The van der Waals surface area contributed by atoms with E-state index >= 15 is 0 Å². The summed E-state index contributed by atoms with van der Waals surface area (Å²) in [6.07, 6.45) is 0. The zero-order valence-electron chi connectivity index (χ0n) is 12.1. The van der Waals surface area contributed by atoms with Gasteiger partial charge >= 0.3 is 0 Å². The number of ether oxygens (including phenoxy) is 1. The summed E-state index contributed by atoms with van der Waals surface area (Å²) in [6.45, 7) is 2.94. The minimum absolute atomic E-state index is 0.0177. The van der Waals surface area contributed by atoms with Gasteiger partial charge in [0, 0.05) is 5.56 Å². The van der Waals surface area contributed by atoms with Crippen LogP contribution in [0.4, 0.5) is 0 Å². The van der Waals surface area contributed by atoms with Crippen LogP contribution in [0.3, 0.4) is 0 Å². The van der Waals surface area contributed by atoms with Gasteiger partial charge in [-0.05, 0) is 37.4 Å². The summed E-state index contributed by atoms with van der Waals surface area (Å²) in [5.74, 6) is -0.634. The van der Waals surface area contributed by atoms with E-state index in [-0.39, 0.29) is 28.7 Å². The Labute approximate surface area is 132 Å². The summed E-state index contributed by atoms with van der Waals surface area (Å²) in [4.78, 5) is -1.36. The third-order valence-electron chi connectivity index (χ3n) is 3.21. The zero-order chi connectivity index (χ0) is 17.6. The Morgan fingerprint density at radius 3 is 2.17 bits per heavy atom. The van der Waals surface area contributed by atoms with E-state index in [4.69, 9.17) is 4.74 Å². The molecule has 0 aliphatic rings. The number of phenols is 1. The van der Waals surface area contributed by atoms with Crippen LogP contribution in [0.25, 0.3) is 10.8 Å². The molecule has 0 aromatic heterocycles. The summed E-state index contributed by atoms with van der Waals surface area (Å²) in [6, 6.07) is 2.73. The Morgan fingerprint density at radius 2 is 1.70 bits per heavy atom. The lowest BCUT2D eigenvalue weighted by Gasteiger charge is -2.18. The van der Waals surface area contributed by atoms with Crippen molar-refractivity contribution in [3.8, 4) is 11.5 Å². The normalized spacial score (nSPS) is 12.5. The second-order valence-electron chi connectivity index (χ2n) is 4.71. The topological polar surface area (TPSA) is 144 Å². The highest BCUT2D eigenvalue weighted by Gasteiger charge is 2.19. The molecule has 2 rings (SSSR count). The molecule has 23 heavy (non-hydrogen) atoms. The van der Waals surface area contributed by atoms with E-state index < -0.39 is 35.8 Å². The molecule has 0 spiro atoms. The first-order chi connectivity index (χ1) is 10.5. The van der Waals surface area contributed by atoms with E-state index in [2.05, 4.69) is 0 Å². The van der Waals surface area contributed by atoms with Gasteiger partial charge in [0.25, 0.3) is 0 Å². The molecule has 126 valence electrons. The predicted octanol–water partition coefficient (Wildman–Crippen LogP) is 1.06.